The molecule has 1 heterocycles. The van der Waals surface area contributed by atoms with Crippen LogP contribution in [0.15, 0.2) is 54.7 Å². The molecule has 0 N–H and O–H groups in total. The summed E-state index contributed by atoms with van der Waals surface area (Å²) in [6.45, 7) is 2.65. The molecule has 3 nitrogen and oxygen atoms in total. The minimum absolute atomic E-state index is 0.561. The van der Waals surface area contributed by atoms with E-state index in [-0.39, 0.29) is 0 Å². The molecule has 0 aliphatic heterocycles. The third-order valence-electron chi connectivity index (χ3n) is 2.79. The average Bonchev–Trinajstić information content (AvgIpc) is 2.52. The monoisotopic (exact) mass is 264 g/mol. The fraction of sp³-hybridized carbons (Fsp3) is 0.176. The third-order valence-corrected chi connectivity index (χ3v) is 2.79. The zero-order valence-electron chi connectivity index (χ0n) is 11.4. The highest BCUT2D eigenvalue weighted by molar-refractivity contribution is 5.60. The van der Waals surface area contributed by atoms with Crippen molar-refractivity contribution in [1.82, 2.24) is 4.98 Å². The molecular formula is C17H16N2O. The highest BCUT2D eigenvalue weighted by Gasteiger charge is 2.00. The van der Waals surface area contributed by atoms with Crippen LogP contribution >= 0.6 is 0 Å². The number of hydrogen-bond acceptors (Lipinski definition) is 3. The summed E-state index contributed by atoms with van der Waals surface area (Å²) >= 11 is 0. The Bertz CT molecular complexity index is 607. The number of nitrogens with zero attached hydrogens (tertiary/aromatic N) is 2. The van der Waals surface area contributed by atoms with E-state index in [9.17, 15) is 0 Å². The van der Waals surface area contributed by atoms with E-state index < -0.39 is 0 Å². The smallest absolute Gasteiger partial charge is 0.138 e. The van der Waals surface area contributed by atoms with Gasteiger partial charge in [0.1, 0.15) is 12.4 Å². The first kappa shape index (κ1) is 13.8. The number of allylic oxidation sites excluding steroid dienone is 1. The Morgan fingerprint density at radius 3 is 2.55 bits per heavy atom. The van der Waals surface area contributed by atoms with Crippen LogP contribution in [0.4, 0.5) is 0 Å². The molecule has 0 aliphatic carbocycles. The molecule has 0 saturated heterocycles. The molecule has 1 aromatic carbocycles. The van der Waals surface area contributed by atoms with E-state index >= 15 is 0 Å². The van der Waals surface area contributed by atoms with Gasteiger partial charge in [-0.25, -0.2) is 0 Å². The molecule has 1 aromatic heterocycles. The minimum atomic E-state index is 0.561. The van der Waals surface area contributed by atoms with E-state index in [1.165, 1.54) is 0 Å². The Labute approximate surface area is 119 Å². The summed E-state index contributed by atoms with van der Waals surface area (Å²) < 4.78 is 5.54. The van der Waals surface area contributed by atoms with Crippen LogP contribution in [0.3, 0.4) is 0 Å². The van der Waals surface area contributed by atoms with Gasteiger partial charge in [-0.05, 0) is 30.7 Å². The third kappa shape index (κ3) is 3.69. The van der Waals surface area contributed by atoms with Gasteiger partial charge in [0.15, 0.2) is 0 Å². The minimum Gasteiger partial charge on any atom is -0.488 e. The number of pyridine rings is 1. The van der Waals surface area contributed by atoms with Crippen LogP contribution in [0.1, 0.15) is 18.9 Å². The van der Waals surface area contributed by atoms with E-state index in [0.717, 1.165) is 23.4 Å². The summed E-state index contributed by atoms with van der Waals surface area (Å²) in [5, 5.41) is 8.77. The van der Waals surface area contributed by atoms with Crippen LogP contribution in [0.25, 0.3) is 11.3 Å². The van der Waals surface area contributed by atoms with E-state index in [1.54, 1.807) is 18.3 Å². The molecule has 0 bridgehead atoms. The van der Waals surface area contributed by atoms with Gasteiger partial charge in [-0.15, -0.1) is 0 Å². The largest absolute Gasteiger partial charge is 0.488 e. The first-order valence-electron chi connectivity index (χ1n) is 6.58. The molecule has 2 rings (SSSR count). The lowest BCUT2D eigenvalue weighted by Gasteiger charge is -2.04. The summed E-state index contributed by atoms with van der Waals surface area (Å²) in [5.74, 6) is 0.753. The van der Waals surface area contributed by atoms with Gasteiger partial charge >= 0.3 is 0 Å². The van der Waals surface area contributed by atoms with E-state index in [4.69, 9.17) is 10.00 Å². The van der Waals surface area contributed by atoms with Gasteiger partial charge in [0.25, 0.3) is 0 Å². The Morgan fingerprint density at radius 2 is 1.95 bits per heavy atom. The normalized spacial score (nSPS) is 10.4. The second-order valence-corrected chi connectivity index (χ2v) is 4.26. The topological polar surface area (TPSA) is 45.9 Å². The average molecular weight is 264 g/mol. The van der Waals surface area contributed by atoms with Crippen molar-refractivity contribution in [2.24, 2.45) is 0 Å². The first-order chi connectivity index (χ1) is 9.83. The fourth-order valence-corrected chi connectivity index (χ4v) is 1.73. The second kappa shape index (κ2) is 7.10. The van der Waals surface area contributed by atoms with Crippen LogP contribution in [-0.4, -0.2) is 11.6 Å². The van der Waals surface area contributed by atoms with Gasteiger partial charge in [0, 0.05) is 5.56 Å². The highest BCUT2D eigenvalue weighted by atomic mass is 16.5. The van der Waals surface area contributed by atoms with Gasteiger partial charge in [-0.2, -0.15) is 5.26 Å². The quantitative estimate of drug-likeness (QED) is 0.768. The Balaban J connectivity index is 2.03. The van der Waals surface area contributed by atoms with Crippen molar-refractivity contribution < 1.29 is 4.74 Å². The molecule has 0 unspecified atom stereocenters. The number of hydrogen-bond donors (Lipinski definition) is 0. The molecule has 0 radical (unpaired) electrons. The van der Waals surface area contributed by atoms with Crippen molar-refractivity contribution in [3.8, 4) is 23.1 Å². The second-order valence-electron chi connectivity index (χ2n) is 4.26. The SMILES string of the molecule is CCC=CCOc1ccc(-c2ccc(C#N)cc2)nc1. The Hall–Kier alpha value is -2.60. The van der Waals surface area contributed by atoms with E-state index in [2.05, 4.69) is 24.1 Å². The molecule has 100 valence electrons. The molecular weight excluding hydrogens is 248 g/mol. The van der Waals surface area contributed by atoms with Gasteiger partial charge < -0.3 is 4.74 Å². The predicted molar refractivity (Wildman–Crippen MR) is 79.3 cm³/mol. The van der Waals surface area contributed by atoms with Crippen molar-refractivity contribution in [3.05, 3.63) is 60.3 Å². The molecule has 0 amide bonds. The maximum absolute atomic E-state index is 8.77. The van der Waals surface area contributed by atoms with Gasteiger partial charge in [0.2, 0.25) is 0 Å². The lowest BCUT2D eigenvalue weighted by atomic mass is 10.1. The molecule has 3 heteroatoms. The van der Waals surface area contributed by atoms with E-state index in [0.29, 0.717) is 12.2 Å². The Kier molecular flexibility index (Phi) is 4.91. The van der Waals surface area contributed by atoms with Crippen molar-refractivity contribution in [2.75, 3.05) is 6.61 Å². The molecule has 0 atom stereocenters. The van der Waals surface area contributed by atoms with E-state index in [1.807, 2.05) is 30.3 Å². The summed E-state index contributed by atoms with van der Waals surface area (Å²) in [5.41, 5.74) is 2.50. The predicted octanol–water partition coefficient (Wildman–Crippen LogP) is 3.97. The van der Waals surface area contributed by atoms with Gasteiger partial charge in [0.05, 0.1) is 23.5 Å². The van der Waals surface area contributed by atoms with Crippen LogP contribution in [0.2, 0.25) is 0 Å². The number of rotatable bonds is 5. The Morgan fingerprint density at radius 1 is 1.15 bits per heavy atom. The summed E-state index contributed by atoms with van der Waals surface area (Å²) in [4.78, 5) is 4.37. The van der Waals surface area contributed by atoms with Crippen molar-refractivity contribution in [2.45, 2.75) is 13.3 Å². The number of ether oxygens (including phenoxy) is 1. The lowest BCUT2D eigenvalue weighted by molar-refractivity contribution is 0.361. The summed E-state index contributed by atoms with van der Waals surface area (Å²) in [7, 11) is 0. The van der Waals surface area contributed by atoms with Crippen molar-refractivity contribution in [3.63, 3.8) is 0 Å². The highest BCUT2D eigenvalue weighted by Crippen LogP contribution is 2.19. The number of nitriles is 1. The lowest BCUT2D eigenvalue weighted by Crippen LogP contribution is -1.94. The zero-order chi connectivity index (χ0) is 14.2. The van der Waals surface area contributed by atoms with Gasteiger partial charge in [-0.3, -0.25) is 4.98 Å². The molecule has 0 spiro atoms. The zero-order valence-corrected chi connectivity index (χ0v) is 11.4. The summed E-state index contributed by atoms with van der Waals surface area (Å²) in [6, 6.07) is 13.3. The molecule has 0 saturated carbocycles. The molecule has 20 heavy (non-hydrogen) atoms. The van der Waals surface area contributed by atoms with Crippen LogP contribution in [0, 0.1) is 11.3 Å². The van der Waals surface area contributed by atoms with Crippen LogP contribution in [0.5, 0.6) is 5.75 Å². The standard InChI is InChI=1S/C17H16N2O/c1-2-3-4-11-20-16-9-10-17(19-13-16)15-7-5-14(12-18)6-8-15/h3-10,13H,2,11H2,1H3. The number of aromatic nitrogens is 1. The van der Waals surface area contributed by atoms with Crippen LogP contribution in [-0.2, 0) is 0 Å². The fourth-order valence-electron chi connectivity index (χ4n) is 1.73. The van der Waals surface area contributed by atoms with Crippen molar-refractivity contribution in [1.29, 1.82) is 5.26 Å². The number of benzene rings is 1. The summed E-state index contributed by atoms with van der Waals surface area (Å²) in [6.07, 6.45) is 6.79. The maximum Gasteiger partial charge on any atom is 0.138 e. The maximum atomic E-state index is 8.77. The van der Waals surface area contributed by atoms with Gasteiger partial charge in [-0.1, -0.05) is 31.2 Å². The molecule has 0 aliphatic rings. The van der Waals surface area contributed by atoms with Crippen LogP contribution < -0.4 is 4.74 Å². The molecule has 2 aromatic rings. The molecule has 0 fully saturated rings. The first-order valence-corrected chi connectivity index (χ1v) is 6.58. The van der Waals surface area contributed by atoms with Crippen molar-refractivity contribution >= 4 is 0 Å².